The molecule has 0 amide bonds. The number of carbonyl (C=O) groups is 1. The molecule has 0 unspecified atom stereocenters. The Morgan fingerprint density at radius 3 is 1.83 bits per heavy atom. The van der Waals surface area contributed by atoms with Crippen LogP contribution in [-0.4, -0.2) is 48.6 Å². The van der Waals surface area contributed by atoms with Gasteiger partial charge in [-0.3, -0.25) is 4.79 Å². The lowest BCUT2D eigenvalue weighted by Gasteiger charge is -2.22. The minimum Gasteiger partial charge on any atom is -0.391 e. The summed E-state index contributed by atoms with van der Waals surface area (Å²) in [5, 5.41) is 35.8. The maximum absolute atomic E-state index is 10.5. The van der Waals surface area contributed by atoms with Crippen LogP contribution in [0.5, 0.6) is 0 Å². The first-order chi connectivity index (χ1) is 5.37. The molecule has 0 rings (SSSR count). The van der Waals surface area contributed by atoms with Gasteiger partial charge in [0.15, 0.2) is 6.10 Å². The van der Waals surface area contributed by atoms with E-state index in [4.69, 9.17) is 20.4 Å². The predicted octanol–water partition coefficient (Wildman–Crippen LogP) is -1.59. The second-order valence-electron chi connectivity index (χ2n) is 2.47. The van der Waals surface area contributed by atoms with E-state index in [1.807, 2.05) is 0 Å². The molecule has 72 valence electrons. The number of aliphatic hydroxyl groups excluding tert-OH is 4. The van der Waals surface area contributed by atoms with Gasteiger partial charge in [-0.15, -0.1) is 0 Å². The Bertz CT molecular complexity index is 160. The van der Waals surface area contributed by atoms with Gasteiger partial charge in [-0.1, -0.05) is 0 Å². The van der Waals surface area contributed by atoms with E-state index in [9.17, 15) is 4.79 Å². The lowest BCUT2D eigenvalue weighted by molar-refractivity contribution is -0.133. The van der Waals surface area contributed by atoms with E-state index in [2.05, 4.69) is 0 Å². The monoisotopic (exact) mass is 290 g/mol. The third-order valence-corrected chi connectivity index (χ3v) is 2.04. The maximum Gasteiger partial charge on any atom is 0.223 e. The number of hydrogen-bond donors (Lipinski definition) is 4. The fraction of sp³-hybridized carbons (Fsp3) is 0.833. The third-order valence-electron chi connectivity index (χ3n) is 1.40. The van der Waals surface area contributed by atoms with Crippen LogP contribution < -0.4 is 0 Å². The molecule has 0 radical (unpaired) electrons. The quantitative estimate of drug-likeness (QED) is 0.370. The van der Waals surface area contributed by atoms with Crippen LogP contribution in [0.15, 0.2) is 0 Å². The van der Waals surface area contributed by atoms with Gasteiger partial charge in [-0.05, 0) is 6.92 Å². The molecule has 5 nitrogen and oxygen atoms in total. The molecule has 4 atom stereocenters. The molecule has 0 bridgehead atoms. The molecule has 0 heterocycles. The van der Waals surface area contributed by atoms with Crippen LogP contribution in [0.1, 0.15) is 6.92 Å². The zero-order valence-electron chi connectivity index (χ0n) is 6.38. The first-order valence-corrected chi connectivity index (χ1v) is 4.37. The van der Waals surface area contributed by atoms with Crippen molar-refractivity contribution in [2.24, 2.45) is 0 Å². The summed E-state index contributed by atoms with van der Waals surface area (Å²) in [6, 6.07) is 0. The van der Waals surface area contributed by atoms with Crippen molar-refractivity contribution in [1.82, 2.24) is 0 Å². The number of carbonyl (C=O) groups excluding carboxylic acids is 1. The van der Waals surface area contributed by atoms with Crippen molar-refractivity contribution in [3.8, 4) is 0 Å². The van der Waals surface area contributed by atoms with Gasteiger partial charge in [-0.25, -0.2) is 0 Å². The third kappa shape index (κ3) is 3.31. The van der Waals surface area contributed by atoms with Gasteiger partial charge in [0.2, 0.25) is 3.79 Å². The molecule has 0 saturated heterocycles. The summed E-state index contributed by atoms with van der Waals surface area (Å²) in [7, 11) is 0. The van der Waals surface area contributed by atoms with Gasteiger partial charge >= 0.3 is 0 Å². The molecule has 12 heavy (non-hydrogen) atoms. The van der Waals surface area contributed by atoms with Crippen LogP contribution in [0.4, 0.5) is 0 Å². The van der Waals surface area contributed by atoms with Crippen LogP contribution in [0.25, 0.3) is 0 Å². The highest BCUT2D eigenvalue weighted by Crippen LogP contribution is 2.08. The van der Waals surface area contributed by atoms with Crippen LogP contribution in [-0.2, 0) is 4.79 Å². The standard InChI is InChI=1S/C6H11IO5/c1-2(8)3(9)4(10)5(11)6(7)12/h2-5,8-11H,1H3/t2-,3+,4+,5-/m0/s1. The molecule has 0 saturated carbocycles. The normalized spacial score (nSPS) is 21.2. The minimum atomic E-state index is -1.66. The SMILES string of the molecule is C[C@H](O)[C@@H](O)[C@@H](O)[C@H](O)C(=O)I. The van der Waals surface area contributed by atoms with Gasteiger partial charge < -0.3 is 20.4 Å². The Kier molecular flexibility index (Phi) is 5.18. The van der Waals surface area contributed by atoms with Gasteiger partial charge in [0, 0.05) is 22.6 Å². The van der Waals surface area contributed by atoms with Crippen molar-refractivity contribution in [1.29, 1.82) is 0 Å². The zero-order chi connectivity index (χ0) is 9.89. The average molecular weight is 290 g/mol. The molecule has 0 fully saturated rings. The van der Waals surface area contributed by atoms with Gasteiger partial charge in [0.25, 0.3) is 0 Å². The molecule has 0 aliphatic carbocycles. The fourth-order valence-corrected chi connectivity index (χ4v) is 0.975. The van der Waals surface area contributed by atoms with E-state index in [-0.39, 0.29) is 0 Å². The smallest absolute Gasteiger partial charge is 0.223 e. The maximum atomic E-state index is 10.5. The van der Waals surface area contributed by atoms with Gasteiger partial charge in [-0.2, -0.15) is 0 Å². The first kappa shape index (κ1) is 12.2. The predicted molar refractivity (Wildman–Crippen MR) is 48.7 cm³/mol. The van der Waals surface area contributed by atoms with Crippen molar-refractivity contribution in [3.05, 3.63) is 0 Å². The molecular formula is C6H11IO5. The number of rotatable bonds is 4. The number of halogens is 1. The van der Waals surface area contributed by atoms with Crippen LogP contribution >= 0.6 is 22.6 Å². The summed E-state index contributed by atoms with van der Waals surface area (Å²) < 4.78 is -0.681. The Labute approximate surface area is 83.2 Å². The van der Waals surface area contributed by atoms with E-state index in [1.54, 1.807) is 0 Å². The van der Waals surface area contributed by atoms with Crippen LogP contribution in [0, 0.1) is 0 Å². The van der Waals surface area contributed by atoms with Crippen LogP contribution in [0.3, 0.4) is 0 Å². The molecular weight excluding hydrogens is 279 g/mol. The summed E-state index contributed by atoms with van der Waals surface area (Å²) in [4.78, 5) is 10.5. The van der Waals surface area contributed by atoms with E-state index in [1.165, 1.54) is 29.5 Å². The molecule has 0 aliphatic heterocycles. The summed E-state index contributed by atoms with van der Waals surface area (Å²) in [6.45, 7) is 1.25. The second-order valence-corrected chi connectivity index (χ2v) is 3.53. The summed E-state index contributed by atoms with van der Waals surface area (Å²) in [5.74, 6) is 0. The Morgan fingerprint density at radius 2 is 1.58 bits per heavy atom. The molecule has 0 aliphatic rings. The molecule has 0 aromatic rings. The van der Waals surface area contributed by atoms with Crippen LogP contribution in [0.2, 0.25) is 0 Å². The zero-order valence-corrected chi connectivity index (χ0v) is 8.54. The highest BCUT2D eigenvalue weighted by molar-refractivity contribution is 14.1. The molecule has 0 spiro atoms. The summed E-state index contributed by atoms with van der Waals surface area (Å²) >= 11 is 1.30. The Balaban J connectivity index is 4.18. The van der Waals surface area contributed by atoms with Crippen molar-refractivity contribution in [3.63, 3.8) is 0 Å². The highest BCUT2D eigenvalue weighted by atomic mass is 127. The summed E-state index contributed by atoms with van der Waals surface area (Å²) in [6.07, 6.45) is -6.01. The van der Waals surface area contributed by atoms with E-state index >= 15 is 0 Å². The first-order valence-electron chi connectivity index (χ1n) is 3.29. The van der Waals surface area contributed by atoms with Gasteiger partial charge in [0.05, 0.1) is 6.10 Å². The molecule has 0 aromatic heterocycles. The summed E-state index contributed by atoms with van der Waals surface area (Å²) in [5.41, 5.74) is 0. The van der Waals surface area contributed by atoms with E-state index in [0.717, 1.165) is 0 Å². The highest BCUT2D eigenvalue weighted by Gasteiger charge is 2.31. The number of hydrogen-bond acceptors (Lipinski definition) is 5. The number of aliphatic hydroxyl groups is 4. The largest absolute Gasteiger partial charge is 0.391 e. The molecule has 6 heteroatoms. The van der Waals surface area contributed by atoms with Gasteiger partial charge in [0.1, 0.15) is 12.2 Å². The van der Waals surface area contributed by atoms with Crippen molar-refractivity contribution >= 4 is 26.4 Å². The lowest BCUT2D eigenvalue weighted by atomic mass is 10.1. The Morgan fingerprint density at radius 1 is 1.17 bits per heavy atom. The molecule has 0 aromatic carbocycles. The van der Waals surface area contributed by atoms with Crippen molar-refractivity contribution < 1.29 is 25.2 Å². The van der Waals surface area contributed by atoms with E-state index in [0.29, 0.717) is 0 Å². The van der Waals surface area contributed by atoms with Crippen molar-refractivity contribution in [2.45, 2.75) is 31.3 Å². The topological polar surface area (TPSA) is 98.0 Å². The second kappa shape index (κ2) is 5.07. The molecule has 4 N–H and O–H groups in total. The fourth-order valence-electron chi connectivity index (χ4n) is 0.606. The van der Waals surface area contributed by atoms with Crippen molar-refractivity contribution in [2.75, 3.05) is 0 Å². The minimum absolute atomic E-state index is 0.681. The average Bonchev–Trinajstić information content (AvgIpc) is 2.00. The lowest BCUT2D eigenvalue weighted by Crippen LogP contribution is -2.45. The Hall–Kier alpha value is 0.240. The van der Waals surface area contributed by atoms with E-state index < -0.39 is 28.2 Å².